The molecule has 0 aliphatic carbocycles. The van der Waals surface area contributed by atoms with Gasteiger partial charge in [0.1, 0.15) is 5.75 Å². The van der Waals surface area contributed by atoms with Gasteiger partial charge in [-0.25, -0.2) is 0 Å². The number of alkyl halides is 3. The number of halogens is 4. The Hall–Kier alpha value is -3.59. The SMILES string of the molecule is O=C(NCCc1ccc(Cl)cc1)c1ccc2nnc(-c3ccc(OC(F)(F)F)cc3)n2c1. The number of hydrogen-bond acceptors (Lipinski definition) is 4. The number of rotatable bonds is 6. The zero-order valence-electron chi connectivity index (χ0n) is 16.4. The van der Waals surface area contributed by atoms with Crippen LogP contribution in [0.25, 0.3) is 17.0 Å². The minimum atomic E-state index is -4.76. The van der Waals surface area contributed by atoms with E-state index in [0.29, 0.717) is 40.6 Å². The van der Waals surface area contributed by atoms with Crippen LogP contribution in [0.15, 0.2) is 66.9 Å². The molecular formula is C22H16ClF3N4O2. The molecule has 1 amide bonds. The molecule has 10 heteroatoms. The van der Waals surface area contributed by atoms with E-state index in [9.17, 15) is 18.0 Å². The normalized spacial score (nSPS) is 11.5. The van der Waals surface area contributed by atoms with Gasteiger partial charge >= 0.3 is 6.36 Å². The highest BCUT2D eigenvalue weighted by Crippen LogP contribution is 2.26. The van der Waals surface area contributed by atoms with Crippen LogP contribution in [0, 0.1) is 0 Å². The molecule has 164 valence electrons. The first-order valence-electron chi connectivity index (χ1n) is 9.52. The molecular weight excluding hydrogens is 445 g/mol. The summed E-state index contributed by atoms with van der Waals surface area (Å²) in [4.78, 5) is 12.6. The zero-order valence-corrected chi connectivity index (χ0v) is 17.2. The number of carbonyl (C=O) groups is 1. The molecule has 0 saturated carbocycles. The number of ether oxygens (including phenoxy) is 1. The number of carbonyl (C=O) groups excluding carboxylic acids is 1. The maximum Gasteiger partial charge on any atom is 0.573 e. The van der Waals surface area contributed by atoms with Gasteiger partial charge < -0.3 is 10.1 Å². The molecule has 4 aromatic rings. The Bertz CT molecular complexity index is 1240. The fourth-order valence-electron chi connectivity index (χ4n) is 3.10. The van der Waals surface area contributed by atoms with E-state index in [1.165, 1.54) is 24.3 Å². The number of nitrogens with zero attached hydrogens (tertiary/aromatic N) is 3. The summed E-state index contributed by atoms with van der Waals surface area (Å²) in [5.41, 5.74) is 2.46. The molecule has 0 bridgehead atoms. The molecule has 0 fully saturated rings. The number of pyridine rings is 1. The van der Waals surface area contributed by atoms with Crippen molar-refractivity contribution in [2.24, 2.45) is 0 Å². The Labute approximate surface area is 185 Å². The van der Waals surface area contributed by atoms with Crippen LogP contribution in [0.3, 0.4) is 0 Å². The lowest BCUT2D eigenvalue weighted by molar-refractivity contribution is -0.274. The molecule has 2 aromatic carbocycles. The highest BCUT2D eigenvalue weighted by atomic mass is 35.5. The summed E-state index contributed by atoms with van der Waals surface area (Å²) in [7, 11) is 0. The molecule has 0 atom stereocenters. The highest BCUT2D eigenvalue weighted by molar-refractivity contribution is 6.30. The van der Waals surface area contributed by atoms with E-state index in [1.54, 1.807) is 34.9 Å². The zero-order chi connectivity index (χ0) is 22.7. The van der Waals surface area contributed by atoms with Gasteiger partial charge in [-0.1, -0.05) is 23.7 Å². The lowest BCUT2D eigenvalue weighted by Gasteiger charge is -2.09. The maximum absolute atomic E-state index is 12.6. The molecule has 0 aliphatic heterocycles. The number of amides is 1. The standard InChI is InChI=1S/C22H16ClF3N4O2/c23-17-6-1-14(2-7-17)11-12-27-21(31)16-5-10-19-28-29-20(30(19)13-16)15-3-8-18(9-4-15)32-22(24,25)26/h1-10,13H,11-12H2,(H,27,31). The van der Waals surface area contributed by atoms with Gasteiger partial charge in [-0.3, -0.25) is 9.20 Å². The quantitative estimate of drug-likeness (QED) is 0.443. The number of benzene rings is 2. The van der Waals surface area contributed by atoms with E-state index in [1.807, 2.05) is 12.1 Å². The summed E-state index contributed by atoms with van der Waals surface area (Å²) in [6.07, 6.45) is -2.53. The molecule has 4 rings (SSSR count). The molecule has 2 aromatic heterocycles. The third-order valence-corrected chi connectivity index (χ3v) is 4.88. The van der Waals surface area contributed by atoms with Crippen molar-refractivity contribution in [1.29, 1.82) is 0 Å². The molecule has 1 N–H and O–H groups in total. The Morgan fingerprint density at radius 1 is 1.00 bits per heavy atom. The second kappa shape index (κ2) is 8.88. The number of fused-ring (bicyclic) bond motifs is 1. The summed E-state index contributed by atoms with van der Waals surface area (Å²) < 4.78 is 42.5. The van der Waals surface area contributed by atoms with Gasteiger partial charge in [0, 0.05) is 23.3 Å². The van der Waals surface area contributed by atoms with Crippen LogP contribution in [-0.4, -0.2) is 33.4 Å². The lowest BCUT2D eigenvalue weighted by atomic mass is 10.1. The van der Waals surface area contributed by atoms with E-state index in [2.05, 4.69) is 20.3 Å². The van der Waals surface area contributed by atoms with Crippen LogP contribution in [0.5, 0.6) is 5.75 Å². The van der Waals surface area contributed by atoms with E-state index in [4.69, 9.17) is 11.6 Å². The number of nitrogens with one attached hydrogen (secondary N) is 1. The smallest absolute Gasteiger partial charge is 0.406 e. The largest absolute Gasteiger partial charge is 0.573 e. The van der Waals surface area contributed by atoms with Gasteiger partial charge in [-0.15, -0.1) is 23.4 Å². The van der Waals surface area contributed by atoms with Gasteiger partial charge in [0.15, 0.2) is 11.5 Å². The maximum atomic E-state index is 12.6. The number of aromatic nitrogens is 3. The first-order chi connectivity index (χ1) is 15.3. The van der Waals surface area contributed by atoms with E-state index < -0.39 is 6.36 Å². The first kappa shape index (κ1) is 21.6. The summed E-state index contributed by atoms with van der Waals surface area (Å²) >= 11 is 5.87. The van der Waals surface area contributed by atoms with Gasteiger partial charge in [0.05, 0.1) is 5.56 Å². The van der Waals surface area contributed by atoms with Crippen molar-refractivity contribution in [3.05, 3.63) is 83.0 Å². The molecule has 0 spiro atoms. The van der Waals surface area contributed by atoms with Crippen molar-refractivity contribution >= 4 is 23.2 Å². The van der Waals surface area contributed by atoms with Crippen molar-refractivity contribution in [3.63, 3.8) is 0 Å². The first-order valence-corrected chi connectivity index (χ1v) is 9.90. The average molecular weight is 461 g/mol. The molecule has 32 heavy (non-hydrogen) atoms. The second-order valence-corrected chi connectivity index (χ2v) is 7.31. The predicted molar refractivity (Wildman–Crippen MR) is 113 cm³/mol. The molecule has 2 heterocycles. The fourth-order valence-corrected chi connectivity index (χ4v) is 3.23. The lowest BCUT2D eigenvalue weighted by Crippen LogP contribution is -2.25. The van der Waals surface area contributed by atoms with Crippen LogP contribution in [0.4, 0.5) is 13.2 Å². The number of hydrogen-bond donors (Lipinski definition) is 1. The third kappa shape index (κ3) is 5.17. The summed E-state index contributed by atoms with van der Waals surface area (Å²) in [6, 6.07) is 15.9. The van der Waals surface area contributed by atoms with E-state index in [-0.39, 0.29) is 11.7 Å². The van der Waals surface area contributed by atoms with Gasteiger partial charge in [0.25, 0.3) is 5.91 Å². The average Bonchev–Trinajstić information content (AvgIpc) is 3.18. The Morgan fingerprint density at radius 2 is 1.72 bits per heavy atom. The third-order valence-electron chi connectivity index (χ3n) is 4.62. The highest BCUT2D eigenvalue weighted by Gasteiger charge is 2.31. The van der Waals surface area contributed by atoms with Crippen LogP contribution in [-0.2, 0) is 6.42 Å². The summed E-state index contributed by atoms with van der Waals surface area (Å²) in [5.74, 6) is -0.223. The van der Waals surface area contributed by atoms with Gasteiger partial charge in [-0.05, 0) is 60.5 Å². The van der Waals surface area contributed by atoms with Crippen molar-refractivity contribution in [3.8, 4) is 17.1 Å². The Kier molecular flexibility index (Phi) is 6.00. The Morgan fingerprint density at radius 3 is 2.41 bits per heavy atom. The summed E-state index contributed by atoms with van der Waals surface area (Å²) in [5, 5.41) is 11.6. The second-order valence-electron chi connectivity index (χ2n) is 6.87. The minimum absolute atomic E-state index is 0.269. The van der Waals surface area contributed by atoms with Crippen molar-refractivity contribution in [1.82, 2.24) is 19.9 Å². The monoisotopic (exact) mass is 460 g/mol. The summed E-state index contributed by atoms with van der Waals surface area (Å²) in [6.45, 7) is 0.439. The van der Waals surface area contributed by atoms with E-state index >= 15 is 0 Å². The van der Waals surface area contributed by atoms with Crippen molar-refractivity contribution in [2.75, 3.05) is 6.54 Å². The van der Waals surface area contributed by atoms with Gasteiger partial charge in [-0.2, -0.15) is 0 Å². The topological polar surface area (TPSA) is 68.5 Å². The van der Waals surface area contributed by atoms with E-state index in [0.717, 1.165) is 5.56 Å². The van der Waals surface area contributed by atoms with Crippen LogP contribution >= 0.6 is 11.6 Å². The Balaban J connectivity index is 1.48. The van der Waals surface area contributed by atoms with Crippen molar-refractivity contribution < 1.29 is 22.7 Å². The van der Waals surface area contributed by atoms with Crippen LogP contribution in [0.2, 0.25) is 5.02 Å². The molecule has 0 saturated heterocycles. The molecule has 0 unspecified atom stereocenters. The molecule has 6 nitrogen and oxygen atoms in total. The predicted octanol–water partition coefficient (Wildman–Crippen LogP) is 4.92. The molecule has 0 radical (unpaired) electrons. The van der Waals surface area contributed by atoms with Crippen molar-refractivity contribution in [2.45, 2.75) is 12.8 Å². The van der Waals surface area contributed by atoms with Crippen LogP contribution in [0.1, 0.15) is 15.9 Å². The van der Waals surface area contributed by atoms with Crippen LogP contribution < -0.4 is 10.1 Å². The minimum Gasteiger partial charge on any atom is -0.406 e. The fraction of sp³-hybridized carbons (Fsp3) is 0.136. The molecule has 0 aliphatic rings. The van der Waals surface area contributed by atoms with Gasteiger partial charge in [0.2, 0.25) is 0 Å².